The Morgan fingerprint density at radius 2 is 1.81 bits per heavy atom. The molecule has 134 valence electrons. The van der Waals surface area contributed by atoms with Gasteiger partial charge in [-0.05, 0) is 23.8 Å². The molecule has 0 unspecified atom stereocenters. The van der Waals surface area contributed by atoms with E-state index in [2.05, 4.69) is 19.9 Å². The zero-order chi connectivity index (χ0) is 18.7. The van der Waals surface area contributed by atoms with Crippen molar-refractivity contribution in [2.24, 2.45) is 0 Å². The Labute approximate surface area is 152 Å². The predicted molar refractivity (Wildman–Crippen MR) is 91.6 cm³/mol. The molecule has 3 rings (SSSR count). The Bertz CT molecular complexity index is 885. The van der Waals surface area contributed by atoms with Crippen LogP contribution in [0.4, 0.5) is 19.0 Å². The highest BCUT2D eigenvalue weighted by molar-refractivity contribution is 6.29. The minimum Gasteiger partial charge on any atom is -0.355 e. The Balaban J connectivity index is 1.98. The van der Waals surface area contributed by atoms with Crippen molar-refractivity contribution in [1.82, 2.24) is 19.9 Å². The first kappa shape index (κ1) is 18.1. The van der Waals surface area contributed by atoms with Crippen LogP contribution in [-0.2, 0) is 12.7 Å². The van der Waals surface area contributed by atoms with E-state index < -0.39 is 11.9 Å². The topological polar surface area (TPSA) is 54.8 Å². The van der Waals surface area contributed by atoms with Crippen molar-refractivity contribution in [1.29, 1.82) is 0 Å². The lowest BCUT2D eigenvalue weighted by molar-refractivity contribution is -0.141. The molecule has 9 heteroatoms. The van der Waals surface area contributed by atoms with Crippen LogP contribution in [0.5, 0.6) is 0 Å². The lowest BCUT2D eigenvalue weighted by Crippen LogP contribution is -2.20. The summed E-state index contributed by atoms with van der Waals surface area (Å²) in [5, 5.41) is 0.345. The van der Waals surface area contributed by atoms with E-state index in [1.807, 2.05) is 0 Å². The van der Waals surface area contributed by atoms with Gasteiger partial charge in [-0.2, -0.15) is 13.2 Å². The number of pyridine rings is 2. The number of hydrogen-bond acceptors (Lipinski definition) is 5. The van der Waals surface area contributed by atoms with Crippen molar-refractivity contribution in [2.75, 3.05) is 11.9 Å². The molecule has 0 saturated heterocycles. The van der Waals surface area contributed by atoms with Gasteiger partial charge < -0.3 is 4.90 Å². The molecule has 3 aromatic heterocycles. The van der Waals surface area contributed by atoms with Crippen molar-refractivity contribution < 1.29 is 13.2 Å². The second-order valence-corrected chi connectivity index (χ2v) is 5.90. The second kappa shape index (κ2) is 7.25. The van der Waals surface area contributed by atoms with Crippen molar-refractivity contribution in [3.05, 3.63) is 65.3 Å². The molecule has 0 aliphatic rings. The summed E-state index contributed by atoms with van der Waals surface area (Å²) in [5.74, 6) is 0.132. The summed E-state index contributed by atoms with van der Waals surface area (Å²) in [5.41, 5.74) is 0.235. The number of halogens is 4. The third-order valence-corrected chi connectivity index (χ3v) is 3.76. The molecule has 5 nitrogen and oxygen atoms in total. The monoisotopic (exact) mass is 379 g/mol. The smallest absolute Gasteiger partial charge is 0.355 e. The molecule has 0 atom stereocenters. The van der Waals surface area contributed by atoms with Gasteiger partial charge in [-0.1, -0.05) is 17.7 Å². The average molecular weight is 380 g/mol. The van der Waals surface area contributed by atoms with Crippen molar-refractivity contribution in [3.63, 3.8) is 0 Å². The number of alkyl halides is 3. The van der Waals surface area contributed by atoms with Crippen LogP contribution in [-0.4, -0.2) is 27.0 Å². The molecule has 0 spiro atoms. The summed E-state index contributed by atoms with van der Waals surface area (Å²) >= 11 is 5.75. The lowest BCUT2D eigenvalue weighted by atomic mass is 10.2. The Morgan fingerprint density at radius 1 is 1.08 bits per heavy atom. The summed E-state index contributed by atoms with van der Waals surface area (Å²) in [6.45, 7) is 0.314. The van der Waals surface area contributed by atoms with Crippen LogP contribution >= 0.6 is 11.6 Å². The van der Waals surface area contributed by atoms with Gasteiger partial charge in [0.25, 0.3) is 0 Å². The molecule has 0 amide bonds. The van der Waals surface area contributed by atoms with Gasteiger partial charge in [-0.15, -0.1) is 0 Å². The Hall–Kier alpha value is -2.74. The van der Waals surface area contributed by atoms with Gasteiger partial charge in [0.05, 0.1) is 0 Å². The third kappa shape index (κ3) is 4.26. The first-order valence-corrected chi connectivity index (χ1v) is 7.89. The van der Waals surface area contributed by atoms with Gasteiger partial charge in [0.15, 0.2) is 11.5 Å². The maximum atomic E-state index is 13.3. The van der Waals surface area contributed by atoms with Gasteiger partial charge in [0, 0.05) is 43.8 Å². The fraction of sp³-hybridized carbons (Fsp3) is 0.176. The minimum absolute atomic E-state index is 0.0155. The van der Waals surface area contributed by atoms with Gasteiger partial charge in [-0.25, -0.2) is 15.0 Å². The van der Waals surface area contributed by atoms with Crippen LogP contribution in [0.25, 0.3) is 11.4 Å². The number of hydrogen-bond donors (Lipinski definition) is 0. The standard InChI is InChI=1S/C17H13ClF3N5/c1-26(10-11-2-3-14(18)23-9-11)15-8-13(17(19,20)21)24-16(25-15)12-4-6-22-7-5-12/h2-9H,10H2,1H3. The van der Waals surface area contributed by atoms with Crippen molar-refractivity contribution in [2.45, 2.75) is 12.7 Å². The number of aromatic nitrogens is 4. The summed E-state index contributed by atoms with van der Waals surface area (Å²) in [7, 11) is 1.65. The number of nitrogens with zero attached hydrogens (tertiary/aromatic N) is 5. The van der Waals surface area contributed by atoms with Crippen LogP contribution in [0.3, 0.4) is 0 Å². The van der Waals surface area contributed by atoms with Crippen LogP contribution in [0.15, 0.2) is 48.9 Å². The van der Waals surface area contributed by atoms with E-state index in [4.69, 9.17) is 11.6 Å². The molecular weight excluding hydrogens is 367 g/mol. The first-order chi connectivity index (χ1) is 12.3. The molecule has 0 saturated carbocycles. The normalized spacial score (nSPS) is 11.4. The van der Waals surface area contributed by atoms with Crippen molar-refractivity contribution in [3.8, 4) is 11.4 Å². The van der Waals surface area contributed by atoms with Crippen LogP contribution in [0, 0.1) is 0 Å². The molecule has 3 aromatic rings. The van der Waals surface area contributed by atoms with E-state index in [9.17, 15) is 13.2 Å². The molecule has 0 N–H and O–H groups in total. The molecule has 0 aliphatic carbocycles. The molecule has 0 fully saturated rings. The predicted octanol–water partition coefficient (Wildman–Crippen LogP) is 4.24. The number of rotatable bonds is 4. The molecule has 26 heavy (non-hydrogen) atoms. The van der Waals surface area contributed by atoms with E-state index >= 15 is 0 Å². The van der Waals surface area contributed by atoms with E-state index in [0.717, 1.165) is 11.6 Å². The molecular formula is C17H13ClF3N5. The zero-order valence-electron chi connectivity index (χ0n) is 13.6. The highest BCUT2D eigenvalue weighted by Crippen LogP contribution is 2.31. The zero-order valence-corrected chi connectivity index (χ0v) is 14.3. The fourth-order valence-electron chi connectivity index (χ4n) is 2.26. The average Bonchev–Trinajstić information content (AvgIpc) is 2.63. The highest BCUT2D eigenvalue weighted by atomic mass is 35.5. The molecule has 0 radical (unpaired) electrons. The maximum absolute atomic E-state index is 13.3. The van der Waals surface area contributed by atoms with Gasteiger partial charge in [0.2, 0.25) is 0 Å². The Kier molecular flexibility index (Phi) is 5.03. The molecule has 0 aliphatic heterocycles. The third-order valence-electron chi connectivity index (χ3n) is 3.54. The second-order valence-electron chi connectivity index (χ2n) is 5.51. The maximum Gasteiger partial charge on any atom is 0.433 e. The quantitative estimate of drug-likeness (QED) is 0.634. The fourth-order valence-corrected chi connectivity index (χ4v) is 2.37. The van der Waals surface area contributed by atoms with Gasteiger partial charge >= 0.3 is 6.18 Å². The van der Waals surface area contributed by atoms with Gasteiger partial charge in [0.1, 0.15) is 11.0 Å². The Morgan fingerprint density at radius 3 is 2.42 bits per heavy atom. The summed E-state index contributed by atoms with van der Waals surface area (Å²) in [6.07, 6.45) is -0.0694. The molecule has 0 bridgehead atoms. The van der Waals surface area contributed by atoms with E-state index in [1.54, 1.807) is 42.4 Å². The highest BCUT2D eigenvalue weighted by Gasteiger charge is 2.34. The van der Waals surface area contributed by atoms with E-state index in [0.29, 0.717) is 17.3 Å². The summed E-state index contributed by atoms with van der Waals surface area (Å²) < 4.78 is 39.8. The summed E-state index contributed by atoms with van der Waals surface area (Å²) in [6, 6.07) is 7.41. The minimum atomic E-state index is -4.58. The SMILES string of the molecule is CN(Cc1ccc(Cl)nc1)c1cc(C(F)(F)F)nc(-c2ccncc2)n1. The number of anilines is 1. The van der Waals surface area contributed by atoms with Crippen LogP contribution < -0.4 is 4.90 Å². The van der Waals surface area contributed by atoms with Crippen LogP contribution in [0.2, 0.25) is 5.15 Å². The lowest BCUT2D eigenvalue weighted by Gasteiger charge is -2.20. The first-order valence-electron chi connectivity index (χ1n) is 7.51. The largest absolute Gasteiger partial charge is 0.433 e. The summed E-state index contributed by atoms with van der Waals surface area (Å²) in [4.78, 5) is 17.3. The molecule has 0 aromatic carbocycles. The van der Waals surface area contributed by atoms with Crippen molar-refractivity contribution >= 4 is 17.4 Å². The molecule has 3 heterocycles. The van der Waals surface area contributed by atoms with Crippen LogP contribution in [0.1, 0.15) is 11.3 Å². The van der Waals surface area contributed by atoms with Gasteiger partial charge in [-0.3, -0.25) is 4.98 Å². The van der Waals surface area contributed by atoms with E-state index in [1.165, 1.54) is 12.4 Å². The van der Waals surface area contributed by atoms with E-state index in [-0.39, 0.29) is 11.6 Å².